The molecule has 1 aliphatic rings. The van der Waals surface area contributed by atoms with Gasteiger partial charge in [-0.1, -0.05) is 23.4 Å². The predicted molar refractivity (Wildman–Crippen MR) is 72.6 cm³/mol. The Bertz CT molecular complexity index is 598. The molecule has 3 rings (SSSR count). The summed E-state index contributed by atoms with van der Waals surface area (Å²) in [5, 5.41) is 10.5. The fourth-order valence-corrected chi connectivity index (χ4v) is 2.33. The van der Waals surface area contributed by atoms with Gasteiger partial charge in [-0.2, -0.15) is 0 Å². The third-order valence-electron chi connectivity index (χ3n) is 3.35. The van der Waals surface area contributed by atoms with Crippen molar-refractivity contribution in [2.75, 3.05) is 6.54 Å². The Kier molecular flexibility index (Phi) is 3.37. The van der Waals surface area contributed by atoms with Crippen molar-refractivity contribution in [3.05, 3.63) is 41.7 Å². The first-order valence-electron chi connectivity index (χ1n) is 6.69. The van der Waals surface area contributed by atoms with Gasteiger partial charge < -0.3 is 10.1 Å². The minimum absolute atomic E-state index is 0.0118. The Balaban J connectivity index is 1.58. The van der Waals surface area contributed by atoms with Crippen LogP contribution >= 0.6 is 0 Å². The molecule has 1 aromatic carbocycles. The standard InChI is InChI=1S/C14H16N4O2/c1-2-18-12(9-16-17-18)14(19)15-8-11-7-10-5-3-4-6-13(10)20-11/h3-6,9,11H,2,7-8H2,1H3,(H,15,19). The minimum Gasteiger partial charge on any atom is -0.488 e. The topological polar surface area (TPSA) is 69.0 Å². The van der Waals surface area contributed by atoms with Crippen LogP contribution in [0.5, 0.6) is 5.75 Å². The summed E-state index contributed by atoms with van der Waals surface area (Å²) in [6, 6.07) is 7.94. The number of carbonyl (C=O) groups excluding carboxylic acids is 1. The van der Waals surface area contributed by atoms with Crippen LogP contribution in [-0.4, -0.2) is 33.5 Å². The van der Waals surface area contributed by atoms with Crippen LogP contribution in [0, 0.1) is 0 Å². The second-order valence-electron chi connectivity index (χ2n) is 4.70. The van der Waals surface area contributed by atoms with E-state index in [0.717, 1.165) is 12.2 Å². The van der Waals surface area contributed by atoms with E-state index in [9.17, 15) is 4.79 Å². The summed E-state index contributed by atoms with van der Waals surface area (Å²) < 4.78 is 7.35. The molecular weight excluding hydrogens is 256 g/mol. The van der Waals surface area contributed by atoms with Gasteiger partial charge in [0.1, 0.15) is 17.5 Å². The Morgan fingerprint density at radius 3 is 3.15 bits per heavy atom. The molecule has 1 aromatic heterocycles. The maximum Gasteiger partial charge on any atom is 0.271 e. The Hall–Kier alpha value is -2.37. The van der Waals surface area contributed by atoms with Gasteiger partial charge in [0.05, 0.1) is 12.7 Å². The molecule has 6 heteroatoms. The highest BCUT2D eigenvalue weighted by Gasteiger charge is 2.23. The van der Waals surface area contributed by atoms with E-state index >= 15 is 0 Å². The molecule has 0 saturated heterocycles. The molecule has 104 valence electrons. The molecule has 6 nitrogen and oxygen atoms in total. The number of rotatable bonds is 4. The quantitative estimate of drug-likeness (QED) is 0.902. The SMILES string of the molecule is CCn1nncc1C(=O)NCC1Cc2ccccc2O1. The maximum absolute atomic E-state index is 12.0. The smallest absolute Gasteiger partial charge is 0.271 e. The summed E-state index contributed by atoms with van der Waals surface area (Å²) in [5.74, 6) is 0.739. The normalized spacial score (nSPS) is 16.6. The Labute approximate surface area is 116 Å². The van der Waals surface area contributed by atoms with Crippen LogP contribution in [0.25, 0.3) is 0 Å². The average Bonchev–Trinajstić information content (AvgIpc) is 3.10. The van der Waals surface area contributed by atoms with Gasteiger partial charge in [0.15, 0.2) is 0 Å². The molecule has 1 amide bonds. The fraction of sp³-hybridized carbons (Fsp3) is 0.357. The third-order valence-corrected chi connectivity index (χ3v) is 3.35. The molecule has 0 radical (unpaired) electrons. The van der Waals surface area contributed by atoms with E-state index in [2.05, 4.69) is 15.6 Å². The summed E-state index contributed by atoms with van der Waals surface area (Å²) in [4.78, 5) is 12.0. The Morgan fingerprint density at radius 1 is 1.50 bits per heavy atom. The van der Waals surface area contributed by atoms with Crippen molar-refractivity contribution in [1.82, 2.24) is 20.3 Å². The molecule has 2 heterocycles. The lowest BCUT2D eigenvalue weighted by Gasteiger charge is -2.12. The summed E-state index contributed by atoms with van der Waals surface area (Å²) in [6.45, 7) is 3.01. The maximum atomic E-state index is 12.0. The van der Waals surface area contributed by atoms with Crippen molar-refractivity contribution in [1.29, 1.82) is 0 Å². The summed E-state index contributed by atoms with van der Waals surface area (Å²) in [7, 11) is 0. The van der Waals surface area contributed by atoms with Gasteiger partial charge >= 0.3 is 0 Å². The number of amides is 1. The number of hydrogen-bond donors (Lipinski definition) is 1. The number of hydrogen-bond acceptors (Lipinski definition) is 4. The zero-order chi connectivity index (χ0) is 13.9. The molecule has 1 unspecified atom stereocenters. The lowest BCUT2D eigenvalue weighted by molar-refractivity contribution is 0.0923. The number of nitrogens with one attached hydrogen (secondary N) is 1. The number of para-hydroxylation sites is 1. The van der Waals surface area contributed by atoms with Gasteiger partial charge in [0.25, 0.3) is 5.91 Å². The minimum atomic E-state index is -0.170. The van der Waals surface area contributed by atoms with Gasteiger partial charge in [0, 0.05) is 13.0 Å². The molecule has 0 bridgehead atoms. The van der Waals surface area contributed by atoms with E-state index in [0.29, 0.717) is 18.8 Å². The number of benzene rings is 1. The number of ether oxygens (including phenoxy) is 1. The van der Waals surface area contributed by atoms with Crippen LogP contribution in [0.1, 0.15) is 23.0 Å². The van der Waals surface area contributed by atoms with Crippen molar-refractivity contribution in [2.24, 2.45) is 0 Å². The third kappa shape index (κ3) is 2.36. The van der Waals surface area contributed by atoms with Crippen LogP contribution in [-0.2, 0) is 13.0 Å². The highest BCUT2D eigenvalue weighted by molar-refractivity contribution is 5.92. The van der Waals surface area contributed by atoms with E-state index in [1.807, 2.05) is 31.2 Å². The van der Waals surface area contributed by atoms with Crippen molar-refractivity contribution in [3.63, 3.8) is 0 Å². The van der Waals surface area contributed by atoms with Crippen molar-refractivity contribution >= 4 is 5.91 Å². The second kappa shape index (κ2) is 5.32. The zero-order valence-corrected chi connectivity index (χ0v) is 11.2. The van der Waals surface area contributed by atoms with Crippen LogP contribution < -0.4 is 10.1 Å². The Morgan fingerprint density at radius 2 is 2.35 bits per heavy atom. The summed E-state index contributed by atoms with van der Waals surface area (Å²) in [5.41, 5.74) is 1.66. The van der Waals surface area contributed by atoms with E-state index < -0.39 is 0 Å². The highest BCUT2D eigenvalue weighted by Crippen LogP contribution is 2.27. The van der Waals surface area contributed by atoms with Crippen molar-refractivity contribution in [3.8, 4) is 5.75 Å². The lowest BCUT2D eigenvalue weighted by Crippen LogP contribution is -2.35. The first-order valence-corrected chi connectivity index (χ1v) is 6.69. The molecule has 0 fully saturated rings. The van der Waals surface area contributed by atoms with E-state index in [1.54, 1.807) is 4.68 Å². The van der Waals surface area contributed by atoms with E-state index in [1.165, 1.54) is 11.8 Å². The van der Waals surface area contributed by atoms with Gasteiger partial charge in [-0.15, -0.1) is 5.10 Å². The van der Waals surface area contributed by atoms with Gasteiger partial charge in [-0.25, -0.2) is 4.68 Å². The number of aryl methyl sites for hydroxylation is 1. The molecule has 20 heavy (non-hydrogen) atoms. The van der Waals surface area contributed by atoms with Gasteiger partial charge in [0.2, 0.25) is 0 Å². The van der Waals surface area contributed by atoms with E-state index in [-0.39, 0.29) is 12.0 Å². The number of carbonyl (C=O) groups is 1. The summed E-state index contributed by atoms with van der Waals surface area (Å²) >= 11 is 0. The zero-order valence-electron chi connectivity index (χ0n) is 11.2. The van der Waals surface area contributed by atoms with Crippen LogP contribution in [0.4, 0.5) is 0 Å². The largest absolute Gasteiger partial charge is 0.488 e. The van der Waals surface area contributed by atoms with Crippen LogP contribution in [0.3, 0.4) is 0 Å². The molecule has 1 atom stereocenters. The molecule has 0 spiro atoms. The molecule has 1 aliphatic heterocycles. The van der Waals surface area contributed by atoms with Gasteiger partial charge in [-0.3, -0.25) is 4.79 Å². The molecule has 2 aromatic rings. The van der Waals surface area contributed by atoms with Crippen LogP contribution in [0.2, 0.25) is 0 Å². The number of aromatic nitrogens is 3. The first-order chi connectivity index (χ1) is 9.78. The van der Waals surface area contributed by atoms with E-state index in [4.69, 9.17) is 4.74 Å². The summed E-state index contributed by atoms with van der Waals surface area (Å²) in [6.07, 6.45) is 2.28. The van der Waals surface area contributed by atoms with Gasteiger partial charge in [-0.05, 0) is 18.6 Å². The molecule has 0 aliphatic carbocycles. The second-order valence-corrected chi connectivity index (χ2v) is 4.70. The van der Waals surface area contributed by atoms with Crippen LogP contribution in [0.15, 0.2) is 30.5 Å². The first kappa shape index (κ1) is 12.7. The van der Waals surface area contributed by atoms with Crippen molar-refractivity contribution in [2.45, 2.75) is 26.0 Å². The number of fused-ring (bicyclic) bond motifs is 1. The highest BCUT2D eigenvalue weighted by atomic mass is 16.5. The average molecular weight is 272 g/mol. The lowest BCUT2D eigenvalue weighted by atomic mass is 10.1. The molecule has 1 N–H and O–H groups in total. The fourth-order valence-electron chi connectivity index (χ4n) is 2.33. The monoisotopic (exact) mass is 272 g/mol. The predicted octanol–water partition coefficient (Wildman–Crippen LogP) is 1.03. The van der Waals surface area contributed by atoms with Crippen molar-refractivity contribution < 1.29 is 9.53 Å². The molecular formula is C14H16N4O2. The molecule has 0 saturated carbocycles. The number of nitrogens with zero attached hydrogens (tertiary/aromatic N) is 3.